The number of carbonyl (C=O) groups excluding carboxylic acids is 1. The van der Waals surface area contributed by atoms with Gasteiger partial charge in [-0.15, -0.1) is 0 Å². The molecule has 0 unspecified atom stereocenters. The second kappa shape index (κ2) is 9.30. The molecule has 0 spiro atoms. The third-order valence-corrected chi connectivity index (χ3v) is 6.53. The molecule has 0 saturated heterocycles. The molecule has 0 fully saturated rings. The van der Waals surface area contributed by atoms with E-state index in [1.807, 2.05) is 30.3 Å². The Morgan fingerprint density at radius 2 is 1.70 bits per heavy atom. The molecule has 1 amide bonds. The van der Waals surface area contributed by atoms with E-state index in [0.717, 1.165) is 5.56 Å². The number of sulfonamides is 1. The highest BCUT2D eigenvalue weighted by Crippen LogP contribution is 2.25. The van der Waals surface area contributed by atoms with Crippen molar-refractivity contribution in [3.63, 3.8) is 0 Å². The Bertz CT molecular complexity index is 1130. The number of halogens is 1. The summed E-state index contributed by atoms with van der Waals surface area (Å²) in [6.07, 6.45) is 0. The van der Waals surface area contributed by atoms with Crippen LogP contribution in [0.4, 0.5) is 5.69 Å². The standard InChI is InChI=1S/C22H21ClN2O4S/c1-25(15-16-6-4-3-5-7-16)30(27,28)19-11-9-18(10-12-19)24-22(26)20-13-8-17(23)14-21(20)29-2/h3-14H,15H2,1-2H3,(H,24,26). The van der Waals surface area contributed by atoms with Crippen LogP contribution in [0, 0.1) is 0 Å². The Balaban J connectivity index is 1.73. The molecule has 0 atom stereocenters. The summed E-state index contributed by atoms with van der Waals surface area (Å²) < 4.78 is 32.1. The normalized spacial score (nSPS) is 11.3. The summed E-state index contributed by atoms with van der Waals surface area (Å²) in [6, 6.07) is 20.1. The Hall–Kier alpha value is -2.87. The summed E-state index contributed by atoms with van der Waals surface area (Å²) in [4.78, 5) is 12.7. The van der Waals surface area contributed by atoms with E-state index in [1.54, 1.807) is 30.3 Å². The number of nitrogens with one attached hydrogen (secondary N) is 1. The summed E-state index contributed by atoms with van der Waals surface area (Å²) in [5.74, 6) is -0.0398. The molecule has 0 heterocycles. The van der Waals surface area contributed by atoms with E-state index in [4.69, 9.17) is 16.3 Å². The Morgan fingerprint density at radius 3 is 2.33 bits per heavy atom. The Morgan fingerprint density at radius 1 is 1.03 bits per heavy atom. The molecule has 0 bridgehead atoms. The number of hydrogen-bond donors (Lipinski definition) is 1. The lowest BCUT2D eigenvalue weighted by Gasteiger charge is -2.17. The summed E-state index contributed by atoms with van der Waals surface area (Å²) in [6.45, 7) is 0.262. The van der Waals surface area contributed by atoms with Crippen molar-refractivity contribution in [1.82, 2.24) is 4.31 Å². The number of rotatable bonds is 7. The fourth-order valence-electron chi connectivity index (χ4n) is 2.87. The first kappa shape index (κ1) is 21.8. The number of nitrogens with zero attached hydrogens (tertiary/aromatic N) is 1. The smallest absolute Gasteiger partial charge is 0.259 e. The van der Waals surface area contributed by atoms with Crippen molar-refractivity contribution in [3.05, 3.63) is 88.9 Å². The molecule has 0 aromatic heterocycles. The monoisotopic (exact) mass is 444 g/mol. The van der Waals surface area contributed by atoms with Gasteiger partial charge < -0.3 is 10.1 Å². The SMILES string of the molecule is COc1cc(Cl)ccc1C(=O)Nc1ccc(S(=O)(=O)N(C)Cc2ccccc2)cc1. The van der Waals surface area contributed by atoms with Crippen LogP contribution in [0.15, 0.2) is 77.7 Å². The van der Waals surface area contributed by atoms with Crippen molar-refractivity contribution in [2.75, 3.05) is 19.5 Å². The Kier molecular flexibility index (Phi) is 6.77. The van der Waals surface area contributed by atoms with E-state index >= 15 is 0 Å². The van der Waals surface area contributed by atoms with Crippen LogP contribution in [0.2, 0.25) is 5.02 Å². The summed E-state index contributed by atoms with van der Waals surface area (Å²) in [5, 5.41) is 3.19. The highest BCUT2D eigenvalue weighted by Gasteiger charge is 2.21. The van der Waals surface area contributed by atoms with E-state index < -0.39 is 10.0 Å². The second-order valence-corrected chi connectivity index (χ2v) is 9.05. The number of benzene rings is 3. The first-order valence-electron chi connectivity index (χ1n) is 9.06. The van der Waals surface area contributed by atoms with Crippen LogP contribution in [0.25, 0.3) is 0 Å². The van der Waals surface area contributed by atoms with Crippen LogP contribution < -0.4 is 10.1 Å². The zero-order chi connectivity index (χ0) is 21.7. The predicted molar refractivity (Wildman–Crippen MR) is 117 cm³/mol. The van der Waals surface area contributed by atoms with Crippen molar-refractivity contribution < 1.29 is 17.9 Å². The number of ether oxygens (including phenoxy) is 1. The van der Waals surface area contributed by atoms with Crippen LogP contribution in [0.3, 0.4) is 0 Å². The molecule has 8 heteroatoms. The van der Waals surface area contributed by atoms with Gasteiger partial charge in [0, 0.05) is 24.3 Å². The second-order valence-electron chi connectivity index (χ2n) is 6.57. The van der Waals surface area contributed by atoms with Crippen LogP contribution >= 0.6 is 11.6 Å². The molecule has 0 aliphatic carbocycles. The van der Waals surface area contributed by atoms with E-state index in [1.165, 1.54) is 30.6 Å². The van der Waals surface area contributed by atoms with E-state index in [-0.39, 0.29) is 17.3 Å². The van der Waals surface area contributed by atoms with Gasteiger partial charge in [-0.2, -0.15) is 4.31 Å². The molecular weight excluding hydrogens is 424 g/mol. The van der Waals surface area contributed by atoms with Gasteiger partial charge in [0.15, 0.2) is 0 Å². The average molecular weight is 445 g/mol. The fraction of sp³-hybridized carbons (Fsp3) is 0.136. The van der Waals surface area contributed by atoms with E-state index in [0.29, 0.717) is 22.0 Å². The molecule has 1 N–H and O–H groups in total. The van der Waals surface area contributed by atoms with Gasteiger partial charge in [-0.3, -0.25) is 4.79 Å². The highest BCUT2D eigenvalue weighted by atomic mass is 35.5. The third-order valence-electron chi connectivity index (χ3n) is 4.48. The lowest BCUT2D eigenvalue weighted by molar-refractivity contribution is 0.102. The van der Waals surface area contributed by atoms with Gasteiger partial charge in [0.05, 0.1) is 17.6 Å². The third kappa shape index (κ3) is 4.99. The first-order valence-corrected chi connectivity index (χ1v) is 10.9. The first-order chi connectivity index (χ1) is 14.3. The topological polar surface area (TPSA) is 75.7 Å². The molecule has 6 nitrogen and oxygen atoms in total. The minimum atomic E-state index is -3.66. The lowest BCUT2D eigenvalue weighted by Crippen LogP contribution is -2.26. The zero-order valence-electron chi connectivity index (χ0n) is 16.5. The number of carbonyl (C=O) groups is 1. The predicted octanol–water partition coefficient (Wildman–Crippen LogP) is 4.42. The van der Waals surface area contributed by atoms with Crippen molar-refractivity contribution >= 4 is 33.2 Å². The number of hydrogen-bond acceptors (Lipinski definition) is 4. The van der Waals surface area contributed by atoms with Crippen molar-refractivity contribution in [1.29, 1.82) is 0 Å². The molecule has 30 heavy (non-hydrogen) atoms. The van der Waals surface area contributed by atoms with Gasteiger partial charge in [0.2, 0.25) is 10.0 Å². The summed E-state index contributed by atoms with van der Waals surface area (Å²) >= 11 is 5.92. The number of anilines is 1. The number of amides is 1. The van der Waals surface area contributed by atoms with Crippen LogP contribution in [-0.4, -0.2) is 32.8 Å². The van der Waals surface area contributed by atoms with Crippen LogP contribution in [0.1, 0.15) is 15.9 Å². The van der Waals surface area contributed by atoms with Gasteiger partial charge in [0.25, 0.3) is 5.91 Å². The van der Waals surface area contributed by atoms with Gasteiger partial charge >= 0.3 is 0 Å². The maximum Gasteiger partial charge on any atom is 0.259 e. The minimum absolute atomic E-state index is 0.142. The maximum atomic E-state index is 12.8. The molecule has 3 aromatic rings. The highest BCUT2D eigenvalue weighted by molar-refractivity contribution is 7.89. The van der Waals surface area contributed by atoms with E-state index in [2.05, 4.69) is 5.32 Å². The maximum absolute atomic E-state index is 12.8. The molecule has 3 rings (SSSR count). The van der Waals surface area contributed by atoms with Gasteiger partial charge in [-0.25, -0.2) is 8.42 Å². The van der Waals surface area contributed by atoms with Crippen molar-refractivity contribution in [3.8, 4) is 5.75 Å². The molecular formula is C22H21ClN2O4S. The largest absolute Gasteiger partial charge is 0.496 e. The van der Waals surface area contributed by atoms with Crippen LogP contribution in [0.5, 0.6) is 5.75 Å². The Labute approximate surface area is 181 Å². The average Bonchev–Trinajstić information content (AvgIpc) is 2.74. The minimum Gasteiger partial charge on any atom is -0.496 e. The summed E-state index contributed by atoms with van der Waals surface area (Å²) in [5.41, 5.74) is 1.67. The van der Waals surface area contributed by atoms with Gasteiger partial charge in [0.1, 0.15) is 5.75 Å². The van der Waals surface area contributed by atoms with Gasteiger partial charge in [-0.05, 0) is 48.0 Å². The number of methoxy groups -OCH3 is 1. The van der Waals surface area contributed by atoms with Crippen molar-refractivity contribution in [2.45, 2.75) is 11.4 Å². The lowest BCUT2D eigenvalue weighted by atomic mass is 10.2. The molecule has 0 saturated carbocycles. The van der Waals surface area contributed by atoms with E-state index in [9.17, 15) is 13.2 Å². The molecule has 0 aliphatic rings. The molecule has 0 radical (unpaired) electrons. The molecule has 0 aliphatic heterocycles. The van der Waals surface area contributed by atoms with Crippen molar-refractivity contribution in [2.24, 2.45) is 0 Å². The zero-order valence-corrected chi connectivity index (χ0v) is 18.1. The summed E-state index contributed by atoms with van der Waals surface area (Å²) in [7, 11) is -0.679. The fourth-order valence-corrected chi connectivity index (χ4v) is 4.19. The molecule has 156 valence electrons. The molecule has 3 aromatic carbocycles. The quantitative estimate of drug-likeness (QED) is 0.585. The van der Waals surface area contributed by atoms with Gasteiger partial charge in [-0.1, -0.05) is 41.9 Å². The van der Waals surface area contributed by atoms with Crippen LogP contribution in [-0.2, 0) is 16.6 Å².